The molecular formula is C18H31NO. The molecule has 1 atom stereocenters. The second-order valence-electron chi connectivity index (χ2n) is 6.16. The molecule has 0 aliphatic rings. The molecule has 1 unspecified atom stereocenters. The summed E-state index contributed by atoms with van der Waals surface area (Å²) >= 11 is 0. The Hall–Kier alpha value is -0.860. The molecule has 20 heavy (non-hydrogen) atoms. The Kier molecular flexibility index (Phi) is 7.25. The van der Waals surface area contributed by atoms with Gasteiger partial charge in [-0.3, -0.25) is 4.90 Å². The Labute approximate surface area is 124 Å². The third-order valence-electron chi connectivity index (χ3n) is 4.16. The first kappa shape index (κ1) is 17.2. The van der Waals surface area contributed by atoms with Crippen LogP contribution in [0.4, 0.5) is 0 Å². The molecule has 1 aromatic rings. The molecule has 2 nitrogen and oxygen atoms in total. The average molecular weight is 277 g/mol. The van der Waals surface area contributed by atoms with Crippen LogP contribution in [-0.4, -0.2) is 28.6 Å². The topological polar surface area (TPSA) is 23.5 Å². The zero-order valence-corrected chi connectivity index (χ0v) is 13.6. The summed E-state index contributed by atoms with van der Waals surface area (Å²) in [5.74, 6) is 0. The van der Waals surface area contributed by atoms with E-state index in [0.717, 1.165) is 18.7 Å². The molecule has 0 heterocycles. The van der Waals surface area contributed by atoms with Crippen molar-refractivity contribution in [2.75, 3.05) is 13.1 Å². The summed E-state index contributed by atoms with van der Waals surface area (Å²) in [4.78, 5) is 2.46. The van der Waals surface area contributed by atoms with Gasteiger partial charge in [-0.15, -0.1) is 0 Å². The number of benzene rings is 1. The molecule has 1 N–H and O–H groups in total. The van der Waals surface area contributed by atoms with Crippen molar-refractivity contribution >= 4 is 0 Å². The molecule has 0 amide bonds. The van der Waals surface area contributed by atoms with Crippen molar-refractivity contribution in [1.82, 2.24) is 4.90 Å². The van der Waals surface area contributed by atoms with Gasteiger partial charge in [0.15, 0.2) is 0 Å². The molecule has 114 valence electrons. The summed E-state index contributed by atoms with van der Waals surface area (Å²) in [6.45, 7) is 10.9. The van der Waals surface area contributed by atoms with Crippen LogP contribution in [0.15, 0.2) is 30.3 Å². The lowest BCUT2D eigenvalue weighted by molar-refractivity contribution is -0.0132. The summed E-state index contributed by atoms with van der Waals surface area (Å²) in [5.41, 5.74) is 0.779. The van der Waals surface area contributed by atoms with Crippen molar-refractivity contribution in [2.45, 2.75) is 65.0 Å². The third kappa shape index (κ3) is 4.60. The van der Waals surface area contributed by atoms with Crippen LogP contribution in [0.1, 0.15) is 65.0 Å². The quantitative estimate of drug-likeness (QED) is 0.723. The SMILES string of the molecule is CCCCN(CCCC)C(C)(C)C(O)c1ccccc1. The van der Waals surface area contributed by atoms with Crippen LogP contribution in [0.3, 0.4) is 0 Å². The van der Waals surface area contributed by atoms with Gasteiger partial charge >= 0.3 is 0 Å². The lowest BCUT2D eigenvalue weighted by atomic mass is 9.89. The Bertz CT molecular complexity index is 353. The van der Waals surface area contributed by atoms with Gasteiger partial charge in [0, 0.05) is 5.54 Å². The van der Waals surface area contributed by atoms with E-state index in [1.54, 1.807) is 0 Å². The minimum absolute atomic E-state index is 0.230. The highest BCUT2D eigenvalue weighted by Crippen LogP contribution is 2.31. The minimum atomic E-state index is -0.447. The van der Waals surface area contributed by atoms with Gasteiger partial charge in [-0.25, -0.2) is 0 Å². The lowest BCUT2D eigenvalue weighted by Crippen LogP contribution is -2.49. The van der Waals surface area contributed by atoms with Crippen LogP contribution in [0.2, 0.25) is 0 Å². The molecule has 0 aromatic heterocycles. The first-order valence-electron chi connectivity index (χ1n) is 8.02. The van der Waals surface area contributed by atoms with Crippen LogP contribution in [0.5, 0.6) is 0 Å². The number of aliphatic hydroxyl groups is 1. The number of nitrogens with zero attached hydrogens (tertiary/aromatic N) is 1. The first-order chi connectivity index (χ1) is 9.54. The minimum Gasteiger partial charge on any atom is -0.386 e. The van der Waals surface area contributed by atoms with Gasteiger partial charge in [0.25, 0.3) is 0 Å². The van der Waals surface area contributed by atoms with Gasteiger partial charge in [-0.05, 0) is 45.3 Å². The third-order valence-corrected chi connectivity index (χ3v) is 4.16. The van der Waals surface area contributed by atoms with Crippen molar-refractivity contribution in [2.24, 2.45) is 0 Å². The molecule has 1 rings (SSSR count). The Morgan fingerprint density at radius 3 is 1.95 bits per heavy atom. The molecule has 0 spiro atoms. The maximum atomic E-state index is 10.8. The van der Waals surface area contributed by atoms with Crippen molar-refractivity contribution in [3.05, 3.63) is 35.9 Å². The normalized spacial score (nSPS) is 13.7. The van der Waals surface area contributed by atoms with Crippen molar-refractivity contribution in [3.63, 3.8) is 0 Å². The maximum Gasteiger partial charge on any atom is 0.0968 e. The fourth-order valence-electron chi connectivity index (χ4n) is 2.60. The molecule has 2 heteroatoms. The van der Waals surface area contributed by atoms with E-state index in [-0.39, 0.29) is 5.54 Å². The van der Waals surface area contributed by atoms with Gasteiger partial charge in [0.05, 0.1) is 6.10 Å². The lowest BCUT2D eigenvalue weighted by Gasteiger charge is -2.42. The molecule has 0 radical (unpaired) electrons. The van der Waals surface area contributed by atoms with Gasteiger partial charge in [-0.2, -0.15) is 0 Å². The molecule has 0 aliphatic carbocycles. The van der Waals surface area contributed by atoms with E-state index in [1.165, 1.54) is 25.7 Å². The Balaban J connectivity index is 2.84. The zero-order valence-electron chi connectivity index (χ0n) is 13.6. The van der Waals surface area contributed by atoms with E-state index < -0.39 is 6.10 Å². The summed E-state index contributed by atoms with van der Waals surface area (Å²) in [6, 6.07) is 10.0. The number of aliphatic hydroxyl groups excluding tert-OH is 1. The molecule has 1 aromatic carbocycles. The van der Waals surface area contributed by atoms with E-state index in [4.69, 9.17) is 0 Å². The number of hydrogen-bond donors (Lipinski definition) is 1. The van der Waals surface area contributed by atoms with E-state index >= 15 is 0 Å². The van der Waals surface area contributed by atoms with Gasteiger partial charge in [0.2, 0.25) is 0 Å². The fraction of sp³-hybridized carbons (Fsp3) is 0.667. The highest BCUT2D eigenvalue weighted by atomic mass is 16.3. The summed E-state index contributed by atoms with van der Waals surface area (Å²) in [6.07, 6.45) is 4.32. The predicted molar refractivity (Wildman–Crippen MR) is 86.9 cm³/mol. The molecule has 0 bridgehead atoms. The fourth-order valence-corrected chi connectivity index (χ4v) is 2.60. The Morgan fingerprint density at radius 1 is 1.00 bits per heavy atom. The largest absolute Gasteiger partial charge is 0.386 e. The molecule has 0 saturated heterocycles. The number of unbranched alkanes of at least 4 members (excludes halogenated alkanes) is 2. The van der Waals surface area contributed by atoms with Crippen LogP contribution in [0, 0.1) is 0 Å². The second kappa shape index (κ2) is 8.43. The second-order valence-corrected chi connectivity index (χ2v) is 6.16. The number of rotatable bonds is 9. The van der Waals surface area contributed by atoms with Gasteiger partial charge in [0.1, 0.15) is 0 Å². The number of hydrogen-bond acceptors (Lipinski definition) is 2. The highest BCUT2D eigenvalue weighted by Gasteiger charge is 2.34. The van der Waals surface area contributed by atoms with Gasteiger partial charge in [-0.1, -0.05) is 57.0 Å². The molecule has 0 fully saturated rings. The maximum absolute atomic E-state index is 10.8. The smallest absolute Gasteiger partial charge is 0.0968 e. The van der Waals surface area contributed by atoms with Crippen molar-refractivity contribution in [3.8, 4) is 0 Å². The van der Waals surface area contributed by atoms with E-state index in [0.29, 0.717) is 0 Å². The summed E-state index contributed by atoms with van der Waals surface area (Å²) in [7, 11) is 0. The van der Waals surface area contributed by atoms with Crippen molar-refractivity contribution < 1.29 is 5.11 Å². The molecular weight excluding hydrogens is 246 g/mol. The average Bonchev–Trinajstić information content (AvgIpc) is 2.47. The van der Waals surface area contributed by atoms with E-state index in [2.05, 4.69) is 32.6 Å². The zero-order chi connectivity index (χ0) is 15.0. The highest BCUT2D eigenvalue weighted by molar-refractivity contribution is 5.20. The van der Waals surface area contributed by atoms with Crippen LogP contribution in [0.25, 0.3) is 0 Å². The van der Waals surface area contributed by atoms with E-state index in [9.17, 15) is 5.11 Å². The predicted octanol–water partition coefficient (Wildman–Crippen LogP) is 4.40. The molecule has 0 saturated carbocycles. The first-order valence-corrected chi connectivity index (χ1v) is 8.02. The van der Waals surface area contributed by atoms with Crippen LogP contribution in [-0.2, 0) is 0 Å². The van der Waals surface area contributed by atoms with Gasteiger partial charge < -0.3 is 5.11 Å². The van der Waals surface area contributed by atoms with Crippen molar-refractivity contribution in [1.29, 1.82) is 0 Å². The van der Waals surface area contributed by atoms with Crippen LogP contribution < -0.4 is 0 Å². The standard InChI is InChI=1S/C18H31NO/c1-5-7-14-19(15-8-6-2)18(3,4)17(20)16-12-10-9-11-13-16/h9-13,17,20H,5-8,14-15H2,1-4H3. The molecule has 0 aliphatic heterocycles. The Morgan fingerprint density at radius 2 is 1.50 bits per heavy atom. The summed E-state index contributed by atoms with van der Waals surface area (Å²) < 4.78 is 0. The summed E-state index contributed by atoms with van der Waals surface area (Å²) in [5, 5.41) is 10.8. The van der Waals surface area contributed by atoms with E-state index in [1.807, 2.05) is 30.3 Å². The van der Waals surface area contributed by atoms with Crippen LogP contribution >= 0.6 is 0 Å². The monoisotopic (exact) mass is 277 g/mol.